The van der Waals surface area contributed by atoms with Gasteiger partial charge in [-0.25, -0.2) is 15.0 Å². The molecule has 8 heteroatoms. The minimum atomic E-state index is -0.472. The van der Waals surface area contributed by atoms with E-state index < -0.39 is 4.92 Å². The van der Waals surface area contributed by atoms with Gasteiger partial charge in [0, 0.05) is 19.3 Å². The van der Waals surface area contributed by atoms with Gasteiger partial charge in [-0.15, -0.1) is 0 Å². The molecule has 2 N–H and O–H groups in total. The fourth-order valence-electron chi connectivity index (χ4n) is 1.65. The summed E-state index contributed by atoms with van der Waals surface area (Å²) >= 11 is 0. The minimum Gasteiger partial charge on any atom is -0.373 e. The van der Waals surface area contributed by atoms with Gasteiger partial charge in [-0.2, -0.15) is 0 Å². The maximum absolute atomic E-state index is 11.0. The van der Waals surface area contributed by atoms with Crippen molar-refractivity contribution in [3.63, 3.8) is 0 Å². The second-order valence-electron chi connectivity index (χ2n) is 4.02. The van der Waals surface area contributed by atoms with Crippen LogP contribution < -0.4 is 10.6 Å². The smallest absolute Gasteiger partial charge is 0.311 e. The maximum atomic E-state index is 11.0. The Labute approximate surface area is 115 Å². The summed E-state index contributed by atoms with van der Waals surface area (Å²) in [5.74, 6) is 1.41. The second kappa shape index (κ2) is 5.91. The number of hydrogen-bond acceptors (Lipinski definition) is 7. The highest BCUT2D eigenvalue weighted by Crippen LogP contribution is 2.24. The topological polar surface area (TPSA) is 106 Å². The predicted molar refractivity (Wildman–Crippen MR) is 74.5 cm³/mol. The van der Waals surface area contributed by atoms with E-state index in [0.29, 0.717) is 18.2 Å². The van der Waals surface area contributed by atoms with Crippen LogP contribution in [-0.2, 0) is 6.54 Å². The molecular weight excluding hydrogens is 260 g/mol. The Balaban J connectivity index is 2.21. The van der Waals surface area contributed by atoms with Crippen molar-refractivity contribution < 1.29 is 4.92 Å². The summed E-state index contributed by atoms with van der Waals surface area (Å²) in [7, 11) is 1.70. The van der Waals surface area contributed by atoms with Crippen LogP contribution in [0, 0.1) is 17.0 Å². The number of hydrogen-bond donors (Lipinski definition) is 2. The van der Waals surface area contributed by atoms with Gasteiger partial charge in [0.2, 0.25) is 5.82 Å². The summed E-state index contributed by atoms with van der Waals surface area (Å²) in [6, 6.07) is 4.71. The fourth-order valence-corrected chi connectivity index (χ4v) is 1.65. The molecule has 0 unspecified atom stereocenters. The van der Waals surface area contributed by atoms with Crippen molar-refractivity contribution in [2.45, 2.75) is 13.5 Å². The fraction of sp³-hybridized carbons (Fsp3) is 0.250. The number of aromatic nitrogens is 3. The zero-order chi connectivity index (χ0) is 14.5. The average Bonchev–Trinajstić information content (AvgIpc) is 2.44. The van der Waals surface area contributed by atoms with Crippen molar-refractivity contribution in [2.75, 3.05) is 17.7 Å². The molecule has 0 fully saturated rings. The third-order valence-corrected chi connectivity index (χ3v) is 2.60. The molecule has 2 heterocycles. The van der Waals surface area contributed by atoms with Crippen LogP contribution in [0.25, 0.3) is 0 Å². The van der Waals surface area contributed by atoms with Crippen LogP contribution in [0.2, 0.25) is 0 Å². The van der Waals surface area contributed by atoms with Crippen LogP contribution in [0.5, 0.6) is 0 Å². The van der Waals surface area contributed by atoms with Crippen molar-refractivity contribution in [1.82, 2.24) is 15.0 Å². The van der Waals surface area contributed by atoms with Gasteiger partial charge in [0.05, 0.1) is 17.2 Å². The van der Waals surface area contributed by atoms with Gasteiger partial charge < -0.3 is 10.6 Å². The molecule has 0 saturated heterocycles. The number of nitrogens with one attached hydrogen (secondary N) is 2. The number of rotatable bonds is 5. The molecule has 0 aliphatic carbocycles. The number of pyridine rings is 1. The number of anilines is 2. The molecule has 0 spiro atoms. The van der Waals surface area contributed by atoms with Gasteiger partial charge in [0.15, 0.2) is 0 Å². The number of nitro groups is 1. The normalized spacial score (nSPS) is 10.1. The van der Waals surface area contributed by atoms with E-state index in [1.165, 1.54) is 6.07 Å². The molecule has 0 amide bonds. The van der Waals surface area contributed by atoms with Crippen LogP contribution in [0.3, 0.4) is 0 Å². The van der Waals surface area contributed by atoms with Crippen molar-refractivity contribution in [3.05, 3.63) is 46.0 Å². The summed E-state index contributed by atoms with van der Waals surface area (Å²) in [6.07, 6.45) is 1.64. The van der Waals surface area contributed by atoms with Crippen molar-refractivity contribution in [2.24, 2.45) is 0 Å². The molecule has 0 aliphatic rings. The summed E-state index contributed by atoms with van der Waals surface area (Å²) in [4.78, 5) is 22.9. The lowest BCUT2D eigenvalue weighted by atomic mass is 10.3. The van der Waals surface area contributed by atoms with E-state index in [9.17, 15) is 10.1 Å². The van der Waals surface area contributed by atoms with E-state index in [0.717, 1.165) is 5.69 Å². The maximum Gasteiger partial charge on any atom is 0.311 e. The minimum absolute atomic E-state index is 0.0743. The molecule has 0 bridgehead atoms. The zero-order valence-electron chi connectivity index (χ0n) is 11.1. The summed E-state index contributed by atoms with van der Waals surface area (Å²) < 4.78 is 0. The van der Waals surface area contributed by atoms with Gasteiger partial charge in [-0.3, -0.25) is 10.1 Å². The molecule has 0 aromatic carbocycles. The molecule has 2 aromatic rings. The van der Waals surface area contributed by atoms with Gasteiger partial charge in [0.1, 0.15) is 11.6 Å². The molecule has 0 aliphatic heterocycles. The van der Waals surface area contributed by atoms with Gasteiger partial charge in [0.25, 0.3) is 0 Å². The second-order valence-corrected chi connectivity index (χ2v) is 4.02. The van der Waals surface area contributed by atoms with E-state index in [1.807, 2.05) is 0 Å². The highest BCUT2D eigenvalue weighted by atomic mass is 16.6. The first-order valence-corrected chi connectivity index (χ1v) is 5.95. The first-order chi connectivity index (χ1) is 9.60. The third kappa shape index (κ3) is 3.16. The van der Waals surface area contributed by atoms with Crippen molar-refractivity contribution >= 4 is 17.3 Å². The van der Waals surface area contributed by atoms with Crippen LogP contribution in [0.4, 0.5) is 17.3 Å². The van der Waals surface area contributed by atoms with Crippen LogP contribution in [-0.4, -0.2) is 26.9 Å². The van der Waals surface area contributed by atoms with Crippen LogP contribution >= 0.6 is 0 Å². The van der Waals surface area contributed by atoms with Gasteiger partial charge in [-0.1, -0.05) is 0 Å². The number of nitrogens with zero attached hydrogens (tertiary/aromatic N) is 4. The summed E-state index contributed by atoms with van der Waals surface area (Å²) in [5.41, 5.74) is 0.665. The Kier molecular flexibility index (Phi) is 4.04. The molecule has 0 saturated carbocycles. The average molecular weight is 274 g/mol. The predicted octanol–water partition coefficient (Wildman–Crippen LogP) is 1.74. The quantitative estimate of drug-likeness (QED) is 0.631. The Hall–Kier alpha value is -2.77. The van der Waals surface area contributed by atoms with Crippen molar-refractivity contribution in [3.8, 4) is 0 Å². The zero-order valence-corrected chi connectivity index (χ0v) is 11.1. The molecular formula is C12H14N6O2. The van der Waals surface area contributed by atoms with Crippen molar-refractivity contribution in [1.29, 1.82) is 0 Å². The molecule has 20 heavy (non-hydrogen) atoms. The lowest BCUT2D eigenvalue weighted by molar-refractivity contribution is -0.384. The summed E-state index contributed by atoms with van der Waals surface area (Å²) in [5, 5.41) is 16.7. The van der Waals surface area contributed by atoms with Crippen LogP contribution in [0.1, 0.15) is 11.5 Å². The number of aryl methyl sites for hydroxylation is 1. The standard InChI is InChI=1S/C12H14N6O2/c1-8-14-6-5-9(16-8)7-15-12-10(18(19)20)3-4-11(13-2)17-12/h3-6H,7H2,1-2H3,(H2,13,15,17). The molecule has 2 aromatic heterocycles. The van der Waals surface area contributed by atoms with E-state index in [-0.39, 0.29) is 11.5 Å². The lowest BCUT2D eigenvalue weighted by Gasteiger charge is -2.08. The Bertz CT molecular complexity index is 631. The SMILES string of the molecule is CNc1ccc([N+](=O)[O-])c(NCc2ccnc(C)n2)n1. The molecule has 8 nitrogen and oxygen atoms in total. The Morgan fingerprint density at radius 1 is 1.30 bits per heavy atom. The van der Waals surface area contributed by atoms with E-state index in [4.69, 9.17) is 0 Å². The monoisotopic (exact) mass is 274 g/mol. The lowest BCUT2D eigenvalue weighted by Crippen LogP contribution is -2.08. The summed E-state index contributed by atoms with van der Waals surface area (Å²) in [6.45, 7) is 2.12. The van der Waals surface area contributed by atoms with E-state index in [1.54, 1.807) is 32.3 Å². The first-order valence-electron chi connectivity index (χ1n) is 5.95. The van der Waals surface area contributed by atoms with E-state index in [2.05, 4.69) is 25.6 Å². The Morgan fingerprint density at radius 3 is 2.75 bits per heavy atom. The highest BCUT2D eigenvalue weighted by Gasteiger charge is 2.15. The van der Waals surface area contributed by atoms with Crippen LogP contribution in [0.15, 0.2) is 24.4 Å². The molecule has 0 radical (unpaired) electrons. The molecule has 104 valence electrons. The van der Waals surface area contributed by atoms with E-state index >= 15 is 0 Å². The first kappa shape index (κ1) is 13.7. The molecule has 2 rings (SSSR count). The molecule has 0 atom stereocenters. The third-order valence-electron chi connectivity index (χ3n) is 2.60. The largest absolute Gasteiger partial charge is 0.373 e. The highest BCUT2D eigenvalue weighted by molar-refractivity contribution is 5.60. The van der Waals surface area contributed by atoms with Gasteiger partial charge in [-0.05, 0) is 19.1 Å². The van der Waals surface area contributed by atoms with Gasteiger partial charge >= 0.3 is 5.69 Å². The Morgan fingerprint density at radius 2 is 2.10 bits per heavy atom.